The molecule has 0 bridgehead atoms. The number of ether oxygens (including phenoxy) is 2. The molecule has 0 aromatic heterocycles. The number of carbonyl (C=O) groups excluding carboxylic acids is 1. The highest BCUT2D eigenvalue weighted by Crippen LogP contribution is 2.32. The minimum Gasteiger partial charge on any atom is -0.458 e. The van der Waals surface area contributed by atoms with E-state index < -0.39 is 0 Å². The molecule has 3 atom stereocenters. The van der Waals surface area contributed by atoms with E-state index in [4.69, 9.17) is 15.2 Å². The van der Waals surface area contributed by atoms with Crippen molar-refractivity contribution in [2.24, 2.45) is 5.73 Å². The fourth-order valence-electron chi connectivity index (χ4n) is 4.97. The predicted octanol–water partition coefficient (Wildman–Crippen LogP) is 3.37. The van der Waals surface area contributed by atoms with Crippen molar-refractivity contribution in [2.45, 2.75) is 83.1 Å². The van der Waals surface area contributed by atoms with E-state index in [0.717, 1.165) is 57.2 Å². The highest BCUT2D eigenvalue weighted by Gasteiger charge is 2.44. The van der Waals surface area contributed by atoms with Crippen molar-refractivity contribution >= 4 is 11.9 Å². The number of aliphatic hydroxyl groups is 1. The number of fused-ring (bicyclic) bond motifs is 1. The monoisotopic (exact) mass is 470 g/mol. The van der Waals surface area contributed by atoms with Gasteiger partial charge in [0.2, 0.25) is 0 Å². The third-order valence-electron chi connectivity index (χ3n) is 6.62. The molecule has 1 aromatic carbocycles. The largest absolute Gasteiger partial charge is 0.458 e. The van der Waals surface area contributed by atoms with E-state index in [0.29, 0.717) is 24.6 Å². The van der Waals surface area contributed by atoms with Crippen molar-refractivity contribution in [3.8, 4) is 0 Å². The molecule has 1 aromatic rings. The Morgan fingerprint density at radius 1 is 1.26 bits per heavy atom. The minimum absolute atomic E-state index is 0.105. The number of benzene rings is 1. The highest BCUT2D eigenvalue weighted by atomic mass is 16.5. The molecule has 7 nitrogen and oxygen atoms in total. The van der Waals surface area contributed by atoms with Gasteiger partial charge in [-0.25, -0.2) is 10.1 Å². The fraction of sp³-hybridized carbons (Fsp3) is 0.556. The van der Waals surface area contributed by atoms with Gasteiger partial charge >= 0.3 is 11.9 Å². The van der Waals surface area contributed by atoms with E-state index in [9.17, 15) is 9.90 Å². The van der Waals surface area contributed by atoms with Gasteiger partial charge < -0.3 is 14.6 Å². The topological polar surface area (TPSA) is 96.8 Å². The van der Waals surface area contributed by atoms with Crippen LogP contribution in [0.15, 0.2) is 54.3 Å². The van der Waals surface area contributed by atoms with Crippen LogP contribution < -0.4 is 11.1 Å². The summed E-state index contributed by atoms with van der Waals surface area (Å²) in [5.41, 5.74) is 8.86. The number of carbonyl (C=O) groups is 1. The van der Waals surface area contributed by atoms with Crippen LogP contribution in [0.2, 0.25) is 0 Å². The summed E-state index contributed by atoms with van der Waals surface area (Å²) < 4.78 is 13.1. The summed E-state index contributed by atoms with van der Waals surface area (Å²) >= 11 is 0. The lowest BCUT2D eigenvalue weighted by atomic mass is 10.0. The van der Waals surface area contributed by atoms with E-state index in [2.05, 4.69) is 28.6 Å². The molecule has 3 rings (SSSR count). The van der Waals surface area contributed by atoms with E-state index in [-0.39, 0.29) is 30.8 Å². The number of hydrogen-bond donors (Lipinski definition) is 3. The van der Waals surface area contributed by atoms with Crippen LogP contribution in [0.4, 0.5) is 0 Å². The zero-order valence-corrected chi connectivity index (χ0v) is 20.4. The number of rotatable bonds is 14. The number of nitrogens with zero attached hydrogens (tertiary/aromatic N) is 1. The van der Waals surface area contributed by atoms with Crippen molar-refractivity contribution in [3.63, 3.8) is 0 Å². The number of guanidine groups is 1. The maximum atomic E-state index is 12.6. The quantitative estimate of drug-likeness (QED) is 0.167. The summed E-state index contributed by atoms with van der Waals surface area (Å²) in [5.74, 6) is 0.217. The van der Waals surface area contributed by atoms with Gasteiger partial charge in [0.25, 0.3) is 0 Å². The van der Waals surface area contributed by atoms with E-state index >= 15 is 0 Å². The molecule has 34 heavy (non-hydrogen) atoms. The number of esters is 1. The third kappa shape index (κ3) is 7.18. The van der Waals surface area contributed by atoms with Gasteiger partial charge in [-0.15, -0.1) is 0 Å². The zero-order chi connectivity index (χ0) is 24.3. The molecule has 0 spiro atoms. The molecule has 0 amide bonds. The molecule has 2 heterocycles. The van der Waals surface area contributed by atoms with Crippen LogP contribution >= 0.6 is 0 Å². The SMILES string of the molecule is C=CCOC(=O)C1=C(C)NC(N)=[N+]2C1CC[C@H]2C[C@@H](O)CCCCCCOCc1ccccc1. The Kier molecular flexibility index (Phi) is 10.2. The second-order valence-electron chi connectivity index (χ2n) is 9.22. The molecule has 0 radical (unpaired) electrons. The van der Waals surface area contributed by atoms with Crippen molar-refractivity contribution in [2.75, 3.05) is 13.2 Å². The first kappa shape index (κ1) is 26.0. The Bertz CT molecular complexity index is 881. The molecule has 0 saturated carbocycles. The maximum Gasteiger partial charge on any atom is 0.348 e. The molecule has 1 fully saturated rings. The first-order chi connectivity index (χ1) is 16.5. The summed E-state index contributed by atoms with van der Waals surface area (Å²) in [6.45, 7) is 7.07. The number of allylic oxidation sites excluding steroid dienone is 1. The van der Waals surface area contributed by atoms with Crippen molar-refractivity contribution in [1.29, 1.82) is 0 Å². The maximum absolute atomic E-state index is 12.6. The average Bonchev–Trinajstić information content (AvgIpc) is 3.23. The third-order valence-corrected chi connectivity index (χ3v) is 6.62. The predicted molar refractivity (Wildman–Crippen MR) is 133 cm³/mol. The standard InChI is InChI=1S/C27H39N3O4/c1-3-16-34-26(32)25-20(2)29-27(28)30-22(14-15-24(25)30)18-23(31)13-9-4-5-10-17-33-19-21-11-7-6-8-12-21/h3,6-8,11-12,22-24,31H,1,4-5,9-10,13-19H2,2H3,(H2,28,29,32)/p+1/t22-,23-,24?/m0/s1. The fourth-order valence-corrected chi connectivity index (χ4v) is 4.97. The summed E-state index contributed by atoms with van der Waals surface area (Å²) in [7, 11) is 0. The summed E-state index contributed by atoms with van der Waals surface area (Å²) in [6.07, 6.45) is 8.52. The Labute approximate surface area is 203 Å². The molecule has 7 heteroatoms. The molecule has 1 saturated heterocycles. The second kappa shape index (κ2) is 13.3. The normalized spacial score (nSPS) is 20.6. The second-order valence-corrected chi connectivity index (χ2v) is 9.22. The highest BCUT2D eigenvalue weighted by molar-refractivity contribution is 5.92. The number of aliphatic hydroxyl groups excluding tert-OH is 1. The van der Waals surface area contributed by atoms with E-state index in [1.807, 2.05) is 25.1 Å². The van der Waals surface area contributed by atoms with E-state index in [1.54, 1.807) is 6.08 Å². The summed E-state index contributed by atoms with van der Waals surface area (Å²) in [6, 6.07) is 10.2. The zero-order valence-electron chi connectivity index (χ0n) is 20.4. The minimum atomic E-state index is -0.381. The lowest BCUT2D eigenvalue weighted by Crippen LogP contribution is -2.51. The molecule has 2 aliphatic rings. The van der Waals surface area contributed by atoms with Crippen LogP contribution in [-0.4, -0.2) is 53.0 Å². The van der Waals surface area contributed by atoms with Gasteiger partial charge in [-0.1, -0.05) is 62.2 Å². The lowest BCUT2D eigenvalue weighted by molar-refractivity contribution is -0.576. The van der Waals surface area contributed by atoms with Gasteiger partial charge in [-0.2, -0.15) is 0 Å². The van der Waals surface area contributed by atoms with Crippen molar-refractivity contribution in [3.05, 3.63) is 59.8 Å². The Balaban J connectivity index is 1.36. The average molecular weight is 471 g/mol. The van der Waals surface area contributed by atoms with Crippen LogP contribution in [0.1, 0.15) is 63.9 Å². The molecule has 2 aliphatic heterocycles. The molecule has 4 N–H and O–H groups in total. The lowest BCUT2D eigenvalue weighted by Gasteiger charge is -2.26. The van der Waals surface area contributed by atoms with Crippen molar-refractivity contribution in [1.82, 2.24) is 5.32 Å². The van der Waals surface area contributed by atoms with Gasteiger partial charge in [0.05, 0.1) is 24.4 Å². The molecule has 186 valence electrons. The van der Waals surface area contributed by atoms with Gasteiger partial charge in [0.15, 0.2) is 0 Å². The van der Waals surface area contributed by atoms with Crippen LogP contribution in [0.25, 0.3) is 0 Å². The number of unbranched alkanes of at least 4 members (excludes halogenated alkanes) is 3. The number of hydrogen-bond acceptors (Lipinski definition) is 6. The molecule has 1 unspecified atom stereocenters. The summed E-state index contributed by atoms with van der Waals surface area (Å²) in [4.78, 5) is 12.6. The van der Waals surface area contributed by atoms with Crippen LogP contribution in [0, 0.1) is 0 Å². The van der Waals surface area contributed by atoms with Gasteiger partial charge in [0.1, 0.15) is 18.2 Å². The Morgan fingerprint density at radius 2 is 2.03 bits per heavy atom. The molecular weight excluding hydrogens is 430 g/mol. The van der Waals surface area contributed by atoms with Crippen LogP contribution in [-0.2, 0) is 20.9 Å². The Morgan fingerprint density at radius 3 is 2.79 bits per heavy atom. The molecular formula is C27H40N3O4+. The number of nitrogens with one attached hydrogen (secondary N) is 1. The van der Waals surface area contributed by atoms with Gasteiger partial charge in [0, 0.05) is 13.0 Å². The van der Waals surface area contributed by atoms with Crippen LogP contribution in [0.3, 0.4) is 0 Å². The Hall–Kier alpha value is -2.64. The van der Waals surface area contributed by atoms with Gasteiger partial charge in [-0.3, -0.25) is 10.3 Å². The van der Waals surface area contributed by atoms with Gasteiger partial charge in [-0.05, 0) is 38.2 Å². The van der Waals surface area contributed by atoms with Crippen LogP contribution in [0.5, 0.6) is 0 Å². The first-order valence-electron chi connectivity index (χ1n) is 12.5. The van der Waals surface area contributed by atoms with E-state index in [1.165, 1.54) is 5.56 Å². The summed E-state index contributed by atoms with van der Waals surface area (Å²) in [5, 5.41) is 13.8. The number of nitrogens with two attached hydrogens (primary N) is 1. The first-order valence-corrected chi connectivity index (χ1v) is 12.5. The smallest absolute Gasteiger partial charge is 0.348 e. The molecule has 0 aliphatic carbocycles. The van der Waals surface area contributed by atoms with Crippen molar-refractivity contribution < 1.29 is 24.0 Å².